The van der Waals surface area contributed by atoms with Gasteiger partial charge in [0, 0.05) is 37.9 Å². The van der Waals surface area contributed by atoms with Crippen molar-refractivity contribution >= 4 is 11.5 Å². The number of hydrogen-bond acceptors (Lipinski definition) is 5. The minimum Gasteiger partial charge on any atom is -0.396 e. The molecule has 0 spiro atoms. The zero-order valence-electron chi connectivity index (χ0n) is 9.67. The first kappa shape index (κ1) is 11.8. The standard InChI is InChI=1S/C11H15N3O3/c1-8-4-10(14(16)17)11(12-5-8)13-3-2-9(6-13)7-15/h4-5,9,15H,2-3,6-7H2,1H3. The highest BCUT2D eigenvalue weighted by molar-refractivity contribution is 5.59. The normalized spacial score (nSPS) is 19.6. The summed E-state index contributed by atoms with van der Waals surface area (Å²) in [6, 6.07) is 1.54. The summed E-state index contributed by atoms with van der Waals surface area (Å²) in [4.78, 5) is 16.6. The van der Waals surface area contributed by atoms with Crippen LogP contribution in [0.1, 0.15) is 12.0 Å². The van der Waals surface area contributed by atoms with Gasteiger partial charge in [-0.1, -0.05) is 0 Å². The average molecular weight is 237 g/mol. The van der Waals surface area contributed by atoms with Crippen LogP contribution < -0.4 is 4.90 Å². The Kier molecular flexibility index (Phi) is 3.23. The Morgan fingerprint density at radius 1 is 1.71 bits per heavy atom. The van der Waals surface area contributed by atoms with Crippen molar-refractivity contribution in [1.82, 2.24) is 4.98 Å². The van der Waals surface area contributed by atoms with Gasteiger partial charge in [-0.2, -0.15) is 0 Å². The zero-order chi connectivity index (χ0) is 12.4. The van der Waals surface area contributed by atoms with E-state index in [1.807, 2.05) is 4.90 Å². The van der Waals surface area contributed by atoms with Crippen molar-refractivity contribution in [1.29, 1.82) is 0 Å². The second-order valence-corrected chi connectivity index (χ2v) is 4.40. The highest BCUT2D eigenvalue weighted by Gasteiger charge is 2.28. The first-order valence-corrected chi connectivity index (χ1v) is 5.58. The van der Waals surface area contributed by atoms with Gasteiger partial charge in [-0.05, 0) is 18.9 Å². The van der Waals surface area contributed by atoms with Gasteiger partial charge < -0.3 is 10.0 Å². The van der Waals surface area contributed by atoms with Crippen LogP contribution in [0.4, 0.5) is 11.5 Å². The first-order valence-electron chi connectivity index (χ1n) is 5.58. The Bertz CT molecular complexity index is 436. The number of hydrogen-bond donors (Lipinski definition) is 1. The minimum atomic E-state index is -0.401. The van der Waals surface area contributed by atoms with Crippen molar-refractivity contribution in [3.8, 4) is 0 Å². The van der Waals surface area contributed by atoms with E-state index in [0.717, 1.165) is 12.0 Å². The molecule has 0 aromatic carbocycles. The van der Waals surface area contributed by atoms with Crippen LogP contribution in [0.2, 0.25) is 0 Å². The van der Waals surface area contributed by atoms with E-state index in [1.165, 1.54) is 6.07 Å². The van der Waals surface area contributed by atoms with Crippen LogP contribution in [0.25, 0.3) is 0 Å². The van der Waals surface area contributed by atoms with E-state index < -0.39 is 4.92 Å². The van der Waals surface area contributed by atoms with Gasteiger partial charge in [0.1, 0.15) is 0 Å². The van der Waals surface area contributed by atoms with Crippen LogP contribution in [0.15, 0.2) is 12.3 Å². The summed E-state index contributed by atoms with van der Waals surface area (Å²) in [5, 5.41) is 20.0. The van der Waals surface area contributed by atoms with Crippen molar-refractivity contribution in [2.75, 3.05) is 24.6 Å². The topological polar surface area (TPSA) is 79.5 Å². The number of nitro groups is 1. The van der Waals surface area contributed by atoms with Crippen LogP contribution in [0.3, 0.4) is 0 Å². The van der Waals surface area contributed by atoms with Crippen molar-refractivity contribution in [2.24, 2.45) is 5.92 Å². The third kappa shape index (κ3) is 2.36. The number of anilines is 1. The average Bonchev–Trinajstić information content (AvgIpc) is 2.77. The van der Waals surface area contributed by atoms with Gasteiger partial charge in [-0.15, -0.1) is 0 Å². The smallest absolute Gasteiger partial charge is 0.311 e. The molecule has 0 saturated carbocycles. The zero-order valence-corrected chi connectivity index (χ0v) is 9.67. The fourth-order valence-electron chi connectivity index (χ4n) is 2.10. The third-order valence-corrected chi connectivity index (χ3v) is 3.02. The largest absolute Gasteiger partial charge is 0.396 e. The Hall–Kier alpha value is -1.69. The summed E-state index contributed by atoms with van der Waals surface area (Å²) in [5.74, 6) is 0.606. The summed E-state index contributed by atoms with van der Waals surface area (Å²) in [6.45, 7) is 3.25. The fourth-order valence-corrected chi connectivity index (χ4v) is 2.10. The molecular weight excluding hydrogens is 222 g/mol. The van der Waals surface area contributed by atoms with Crippen LogP contribution in [0, 0.1) is 23.0 Å². The monoisotopic (exact) mass is 237 g/mol. The molecule has 1 aliphatic heterocycles. The number of rotatable bonds is 3. The number of aryl methyl sites for hydroxylation is 1. The molecule has 1 N–H and O–H groups in total. The van der Waals surface area contributed by atoms with Gasteiger partial charge in [-0.25, -0.2) is 4.98 Å². The SMILES string of the molecule is Cc1cnc(N2CCC(CO)C2)c([N+](=O)[O-])c1. The van der Waals surface area contributed by atoms with Crippen molar-refractivity contribution in [3.63, 3.8) is 0 Å². The maximum absolute atomic E-state index is 11.0. The van der Waals surface area contributed by atoms with E-state index in [9.17, 15) is 10.1 Å². The molecule has 0 bridgehead atoms. The van der Waals surface area contributed by atoms with Crippen molar-refractivity contribution in [3.05, 3.63) is 27.9 Å². The Morgan fingerprint density at radius 2 is 2.47 bits per heavy atom. The minimum absolute atomic E-state index is 0.0450. The molecule has 0 aliphatic carbocycles. The predicted octanol–water partition coefficient (Wildman–Crippen LogP) is 1.12. The third-order valence-electron chi connectivity index (χ3n) is 3.02. The van der Waals surface area contributed by atoms with Gasteiger partial charge in [-0.3, -0.25) is 10.1 Å². The lowest BCUT2D eigenvalue weighted by Gasteiger charge is -2.17. The molecule has 1 unspecified atom stereocenters. The molecule has 0 amide bonds. The molecule has 92 valence electrons. The molecule has 2 heterocycles. The van der Waals surface area contributed by atoms with Gasteiger partial charge in [0.05, 0.1) is 4.92 Å². The van der Waals surface area contributed by atoms with Crippen LogP contribution in [-0.2, 0) is 0 Å². The quantitative estimate of drug-likeness (QED) is 0.629. The lowest BCUT2D eigenvalue weighted by molar-refractivity contribution is -0.384. The van der Waals surface area contributed by atoms with Gasteiger partial charge in [0.25, 0.3) is 0 Å². The summed E-state index contributed by atoms with van der Waals surface area (Å²) in [7, 11) is 0. The fraction of sp³-hybridized carbons (Fsp3) is 0.545. The van der Waals surface area contributed by atoms with E-state index in [1.54, 1.807) is 13.1 Å². The van der Waals surface area contributed by atoms with E-state index in [2.05, 4.69) is 4.98 Å². The summed E-state index contributed by atoms with van der Waals surface area (Å²) in [6.07, 6.45) is 2.48. The predicted molar refractivity (Wildman–Crippen MR) is 63.0 cm³/mol. The first-order chi connectivity index (χ1) is 8.11. The van der Waals surface area contributed by atoms with Crippen LogP contribution in [0.5, 0.6) is 0 Å². The molecule has 1 aromatic heterocycles. The summed E-state index contributed by atoms with van der Waals surface area (Å²) < 4.78 is 0. The molecule has 1 fully saturated rings. The maximum atomic E-state index is 11.0. The molecule has 1 saturated heterocycles. The molecule has 1 aliphatic rings. The van der Waals surface area contributed by atoms with Crippen LogP contribution in [-0.4, -0.2) is 34.7 Å². The lowest BCUT2D eigenvalue weighted by Crippen LogP contribution is -2.22. The molecular formula is C11H15N3O3. The van der Waals surface area contributed by atoms with E-state index >= 15 is 0 Å². The number of aromatic nitrogens is 1. The molecule has 0 radical (unpaired) electrons. The molecule has 2 rings (SSSR count). The van der Waals surface area contributed by atoms with E-state index in [4.69, 9.17) is 5.11 Å². The molecule has 6 heteroatoms. The van der Waals surface area contributed by atoms with Crippen molar-refractivity contribution in [2.45, 2.75) is 13.3 Å². The molecule has 6 nitrogen and oxygen atoms in total. The number of pyridine rings is 1. The Labute approximate surface area is 99.0 Å². The second-order valence-electron chi connectivity index (χ2n) is 4.40. The Morgan fingerprint density at radius 3 is 3.06 bits per heavy atom. The number of aliphatic hydroxyl groups excluding tert-OH is 1. The van der Waals surface area contributed by atoms with Crippen molar-refractivity contribution < 1.29 is 10.0 Å². The van der Waals surface area contributed by atoms with E-state index in [0.29, 0.717) is 18.9 Å². The lowest BCUT2D eigenvalue weighted by atomic mass is 10.1. The van der Waals surface area contributed by atoms with Crippen LogP contribution >= 0.6 is 0 Å². The van der Waals surface area contributed by atoms with Gasteiger partial charge in [0.15, 0.2) is 0 Å². The number of nitrogens with zero attached hydrogens (tertiary/aromatic N) is 3. The van der Waals surface area contributed by atoms with Gasteiger partial charge >= 0.3 is 5.69 Å². The van der Waals surface area contributed by atoms with Gasteiger partial charge in [0.2, 0.25) is 5.82 Å². The Balaban J connectivity index is 2.29. The number of aliphatic hydroxyl groups is 1. The maximum Gasteiger partial charge on any atom is 0.311 e. The molecule has 1 atom stereocenters. The summed E-state index contributed by atoms with van der Waals surface area (Å²) >= 11 is 0. The summed E-state index contributed by atoms with van der Waals surface area (Å²) in [5.41, 5.74) is 0.821. The highest BCUT2D eigenvalue weighted by Crippen LogP contribution is 2.30. The molecule has 17 heavy (non-hydrogen) atoms. The van der Waals surface area contributed by atoms with E-state index in [-0.39, 0.29) is 18.2 Å². The molecule has 1 aromatic rings. The highest BCUT2D eigenvalue weighted by atomic mass is 16.6. The second kappa shape index (κ2) is 4.67.